The molecule has 0 N–H and O–H groups in total. The number of alkyl halides is 4. The number of hydrogen-bond acceptors (Lipinski definition) is 1. The molecule has 0 heterocycles. The van der Waals surface area contributed by atoms with E-state index in [0.717, 1.165) is 51.4 Å². The highest BCUT2D eigenvalue weighted by Gasteiger charge is 2.83. The third kappa shape index (κ3) is 2.75. The van der Waals surface area contributed by atoms with Gasteiger partial charge < -0.3 is 4.74 Å². The van der Waals surface area contributed by atoms with Crippen LogP contribution in [-0.2, 0) is 4.74 Å². The van der Waals surface area contributed by atoms with E-state index in [4.69, 9.17) is 4.74 Å². The van der Waals surface area contributed by atoms with E-state index >= 15 is 17.6 Å². The van der Waals surface area contributed by atoms with Crippen LogP contribution in [0.4, 0.5) is 17.6 Å². The third-order valence-electron chi connectivity index (χ3n) is 10.8. The standard InChI is InChI=1S/C25H38F4O/c1-18-3-5-19(6-4-18)22-13-15-23(16-14-22,25(28,29)24(22,26)27)30-17-21-10-7-20(2,8-11-21)9-12-21/h18-19H,3-17H2,1-2H3. The van der Waals surface area contributed by atoms with Gasteiger partial charge in [0.15, 0.2) is 0 Å². The van der Waals surface area contributed by atoms with Crippen LogP contribution in [-0.4, -0.2) is 24.1 Å². The van der Waals surface area contributed by atoms with Crippen molar-refractivity contribution in [2.45, 2.75) is 121 Å². The smallest absolute Gasteiger partial charge is 0.338 e. The molecule has 0 aromatic carbocycles. The molecule has 0 aliphatic heterocycles. The lowest BCUT2D eigenvalue weighted by Gasteiger charge is -2.64. The fourth-order valence-corrected chi connectivity index (χ4v) is 8.00. The van der Waals surface area contributed by atoms with Crippen molar-refractivity contribution < 1.29 is 22.3 Å². The van der Waals surface area contributed by atoms with Gasteiger partial charge in [0.05, 0.1) is 6.61 Å². The van der Waals surface area contributed by atoms with Crippen LogP contribution in [0, 0.1) is 28.1 Å². The first kappa shape index (κ1) is 21.5. The highest BCUT2D eigenvalue weighted by molar-refractivity contribution is 5.21. The maximum absolute atomic E-state index is 15.6. The Labute approximate surface area is 178 Å². The molecule has 30 heavy (non-hydrogen) atoms. The van der Waals surface area contributed by atoms with Crippen molar-refractivity contribution >= 4 is 0 Å². The maximum Gasteiger partial charge on any atom is 0.338 e. The summed E-state index contributed by atoms with van der Waals surface area (Å²) in [5, 5.41) is 0. The van der Waals surface area contributed by atoms with Crippen LogP contribution in [0.25, 0.3) is 0 Å². The lowest BCUT2D eigenvalue weighted by Crippen LogP contribution is -2.75. The Morgan fingerprint density at radius 1 is 0.700 bits per heavy atom. The molecule has 7 aliphatic carbocycles. The van der Waals surface area contributed by atoms with Crippen LogP contribution in [0.1, 0.15) is 104 Å². The predicted octanol–water partition coefficient (Wildman–Crippen LogP) is 7.77. The second-order valence-corrected chi connectivity index (χ2v) is 12.4. The van der Waals surface area contributed by atoms with Gasteiger partial charge in [-0.05, 0) is 99.7 Å². The Kier molecular flexibility index (Phi) is 4.74. The van der Waals surface area contributed by atoms with Crippen LogP contribution in [0.15, 0.2) is 0 Å². The van der Waals surface area contributed by atoms with Crippen molar-refractivity contribution in [3.8, 4) is 0 Å². The fourth-order valence-electron chi connectivity index (χ4n) is 8.00. The van der Waals surface area contributed by atoms with Crippen molar-refractivity contribution in [1.82, 2.24) is 0 Å². The van der Waals surface area contributed by atoms with Gasteiger partial charge in [0.1, 0.15) is 5.60 Å². The second-order valence-electron chi connectivity index (χ2n) is 12.4. The summed E-state index contributed by atoms with van der Waals surface area (Å²) < 4.78 is 68.5. The molecule has 4 bridgehead atoms. The summed E-state index contributed by atoms with van der Waals surface area (Å²) in [5.41, 5.74) is -3.17. The average molecular weight is 431 g/mol. The average Bonchev–Trinajstić information content (AvgIpc) is 2.73. The molecule has 5 heteroatoms. The molecular formula is C25H38F4O. The van der Waals surface area contributed by atoms with Gasteiger partial charge in [0, 0.05) is 5.41 Å². The van der Waals surface area contributed by atoms with Crippen LogP contribution >= 0.6 is 0 Å². The Bertz CT molecular complexity index is 646. The Hall–Kier alpha value is -0.320. The van der Waals surface area contributed by atoms with Crippen molar-refractivity contribution in [3.63, 3.8) is 0 Å². The monoisotopic (exact) mass is 430 g/mol. The van der Waals surface area contributed by atoms with E-state index in [0.29, 0.717) is 24.2 Å². The second kappa shape index (κ2) is 6.60. The number of ether oxygens (including phenoxy) is 1. The minimum Gasteiger partial charge on any atom is -0.368 e. The molecule has 0 radical (unpaired) electrons. The van der Waals surface area contributed by atoms with Gasteiger partial charge in [-0.25, -0.2) is 0 Å². The lowest BCUT2D eigenvalue weighted by atomic mass is 9.48. The first-order valence-corrected chi connectivity index (χ1v) is 12.4. The molecule has 7 rings (SSSR count). The van der Waals surface area contributed by atoms with Gasteiger partial charge in [0.2, 0.25) is 0 Å². The van der Waals surface area contributed by atoms with E-state index in [1.165, 1.54) is 0 Å². The van der Waals surface area contributed by atoms with Crippen molar-refractivity contribution in [1.29, 1.82) is 0 Å². The molecule has 7 aliphatic rings. The largest absolute Gasteiger partial charge is 0.368 e. The summed E-state index contributed by atoms with van der Waals surface area (Å²) >= 11 is 0. The molecule has 1 nitrogen and oxygen atoms in total. The quantitative estimate of drug-likeness (QED) is 0.414. The zero-order valence-corrected chi connectivity index (χ0v) is 18.7. The summed E-state index contributed by atoms with van der Waals surface area (Å²) in [4.78, 5) is 0. The van der Waals surface area contributed by atoms with Crippen LogP contribution in [0.5, 0.6) is 0 Å². The van der Waals surface area contributed by atoms with Crippen molar-refractivity contribution in [2.75, 3.05) is 6.61 Å². The van der Waals surface area contributed by atoms with Crippen LogP contribution < -0.4 is 0 Å². The predicted molar refractivity (Wildman–Crippen MR) is 109 cm³/mol. The zero-order valence-electron chi connectivity index (χ0n) is 18.7. The molecule has 0 spiro atoms. The van der Waals surface area contributed by atoms with Gasteiger partial charge in [0.25, 0.3) is 0 Å². The highest BCUT2D eigenvalue weighted by atomic mass is 19.3. The molecule has 7 fully saturated rings. The van der Waals surface area contributed by atoms with E-state index in [1.54, 1.807) is 0 Å². The number of hydrogen-bond donors (Lipinski definition) is 0. The lowest BCUT2D eigenvalue weighted by molar-refractivity contribution is -0.403. The third-order valence-corrected chi connectivity index (χ3v) is 10.8. The van der Waals surface area contributed by atoms with E-state index < -0.39 is 22.9 Å². The van der Waals surface area contributed by atoms with E-state index in [2.05, 4.69) is 13.8 Å². The Morgan fingerprint density at radius 2 is 1.23 bits per heavy atom. The van der Waals surface area contributed by atoms with Crippen molar-refractivity contribution in [3.05, 3.63) is 0 Å². The first-order chi connectivity index (χ1) is 14.0. The van der Waals surface area contributed by atoms with E-state index in [1.807, 2.05) is 0 Å². The van der Waals surface area contributed by atoms with Gasteiger partial charge in [-0.3, -0.25) is 0 Å². The molecule has 7 saturated carbocycles. The summed E-state index contributed by atoms with van der Waals surface area (Å²) in [6.45, 7) is 4.70. The summed E-state index contributed by atoms with van der Waals surface area (Å²) in [5.74, 6) is -7.81. The SMILES string of the molecule is CC1CCC(C23CCC(OCC45CCC(C)(CC4)CC5)(CC2)C(F)(F)C3(F)F)CC1. The Balaban J connectivity index is 1.36. The molecular weight excluding hydrogens is 392 g/mol. The van der Waals surface area contributed by atoms with Gasteiger partial charge >= 0.3 is 11.8 Å². The van der Waals surface area contributed by atoms with Gasteiger partial charge in [-0.1, -0.05) is 26.7 Å². The fraction of sp³-hybridized carbons (Fsp3) is 1.00. The molecule has 0 amide bonds. The molecule has 0 aromatic heterocycles. The van der Waals surface area contributed by atoms with Crippen molar-refractivity contribution in [2.24, 2.45) is 28.1 Å². The summed E-state index contributed by atoms with van der Waals surface area (Å²) in [6.07, 6.45) is 9.99. The first-order valence-electron chi connectivity index (χ1n) is 12.4. The van der Waals surface area contributed by atoms with Gasteiger partial charge in [-0.2, -0.15) is 17.6 Å². The van der Waals surface area contributed by atoms with E-state index in [9.17, 15) is 0 Å². The minimum atomic E-state index is -4.08. The van der Waals surface area contributed by atoms with Crippen LogP contribution in [0.2, 0.25) is 0 Å². The maximum atomic E-state index is 15.6. The molecule has 0 aromatic rings. The van der Waals surface area contributed by atoms with E-state index in [-0.39, 0.29) is 43.6 Å². The highest BCUT2D eigenvalue weighted by Crippen LogP contribution is 2.72. The summed E-state index contributed by atoms with van der Waals surface area (Å²) in [6, 6.07) is 0. The number of rotatable bonds is 4. The van der Waals surface area contributed by atoms with Crippen LogP contribution in [0.3, 0.4) is 0 Å². The Morgan fingerprint density at radius 3 is 1.77 bits per heavy atom. The molecule has 0 atom stereocenters. The molecule has 0 unspecified atom stereocenters. The normalized spacial score (nSPS) is 51.8. The summed E-state index contributed by atoms with van der Waals surface area (Å²) in [7, 11) is 0. The minimum absolute atomic E-state index is 0.0661. The molecule has 172 valence electrons. The topological polar surface area (TPSA) is 9.23 Å². The number of fused-ring (bicyclic) bond motifs is 6. The number of halogens is 4. The molecule has 0 saturated heterocycles. The zero-order chi connectivity index (χ0) is 21.5. The van der Waals surface area contributed by atoms with Gasteiger partial charge in [-0.15, -0.1) is 0 Å².